The van der Waals surface area contributed by atoms with Crippen LogP contribution in [0.25, 0.3) is 44.2 Å². The molecule has 0 radical (unpaired) electrons. The fraction of sp³-hybridized carbons (Fsp3) is 0. The Balaban J connectivity index is 1.96. The van der Waals surface area contributed by atoms with Crippen molar-refractivity contribution in [2.24, 2.45) is 0 Å². The van der Waals surface area contributed by atoms with E-state index in [0.29, 0.717) is 21.8 Å². The third kappa shape index (κ3) is 2.49. The molecule has 0 unspecified atom stereocenters. The fourth-order valence-corrected chi connectivity index (χ4v) is 3.38. The van der Waals surface area contributed by atoms with Gasteiger partial charge in [0.15, 0.2) is 0 Å². The van der Waals surface area contributed by atoms with Crippen molar-refractivity contribution in [1.82, 2.24) is 0 Å². The van der Waals surface area contributed by atoms with Crippen LogP contribution in [0.4, 0.5) is 0 Å². The molecule has 5 rings (SSSR count). The average molecular weight is 360 g/mol. The second-order valence-corrected chi connectivity index (χ2v) is 6.45. The van der Waals surface area contributed by atoms with Crippen LogP contribution in [0.15, 0.2) is 95.3 Å². The molecule has 1 heterocycles. The summed E-state index contributed by atoms with van der Waals surface area (Å²) in [7, 11) is 0. The zero-order chi connectivity index (χ0) is 21.9. The largest absolute Gasteiger partial charge is 0.455 e. The highest BCUT2D eigenvalue weighted by Crippen LogP contribution is 2.39. The van der Waals surface area contributed by atoms with Gasteiger partial charge in [-0.25, -0.2) is 0 Å². The van der Waals surface area contributed by atoms with Gasteiger partial charge in [-0.3, -0.25) is 0 Å². The van der Waals surface area contributed by atoms with Crippen LogP contribution < -0.4 is 0 Å². The molecule has 1 nitrogen and oxygen atoms in total. The molecule has 5 aromatic rings. The number of hydrogen-bond acceptors (Lipinski definition) is 1. The molecule has 0 aliphatic heterocycles. The normalized spacial score (nSPS) is 14.0. The Morgan fingerprint density at radius 1 is 0.731 bits per heavy atom. The maximum absolute atomic E-state index is 8.46. The first kappa shape index (κ1) is 10.8. The van der Waals surface area contributed by atoms with Crippen LogP contribution in [-0.2, 0) is 0 Å². The zero-order valence-corrected chi connectivity index (χ0v) is 14.3. The number of halogens is 1. The predicted molar refractivity (Wildman–Crippen MR) is 110 cm³/mol. The van der Waals surface area contributed by atoms with E-state index in [2.05, 4.69) is 0 Å². The molecule has 1 aromatic heterocycles. The predicted octanol–water partition coefficient (Wildman–Crippen LogP) is 7.57. The molecule has 0 fully saturated rings. The van der Waals surface area contributed by atoms with E-state index in [1.165, 1.54) is 0 Å². The van der Waals surface area contributed by atoms with Gasteiger partial charge in [0.1, 0.15) is 11.2 Å². The first-order chi connectivity index (χ1) is 14.9. The van der Waals surface area contributed by atoms with E-state index < -0.39 is 6.04 Å². The molecule has 0 aliphatic rings. The van der Waals surface area contributed by atoms with E-state index in [0.717, 1.165) is 21.9 Å². The van der Waals surface area contributed by atoms with Gasteiger partial charge in [-0.2, -0.15) is 0 Å². The van der Waals surface area contributed by atoms with Crippen LogP contribution in [0.3, 0.4) is 0 Å². The average Bonchev–Trinajstić information content (AvgIpc) is 3.14. The van der Waals surface area contributed by atoms with Crippen molar-refractivity contribution in [3.63, 3.8) is 0 Å². The molecule has 4 aromatic carbocycles. The van der Waals surface area contributed by atoms with Crippen molar-refractivity contribution in [1.29, 1.82) is 0 Å². The van der Waals surface area contributed by atoms with Crippen molar-refractivity contribution >= 4 is 33.5 Å². The summed E-state index contributed by atoms with van der Waals surface area (Å²) < 4.78 is 47.1. The summed E-state index contributed by atoms with van der Waals surface area (Å²) in [6, 6.07) is 17.1. The van der Waals surface area contributed by atoms with E-state index in [1.54, 1.807) is 12.1 Å². The molecule has 124 valence electrons. The Bertz CT molecular complexity index is 1460. The Morgan fingerprint density at radius 2 is 1.54 bits per heavy atom. The second kappa shape index (κ2) is 6.05. The van der Waals surface area contributed by atoms with Crippen molar-refractivity contribution in [2.75, 3.05) is 0 Å². The van der Waals surface area contributed by atoms with Crippen LogP contribution in [0.5, 0.6) is 0 Å². The molecule has 0 amide bonds. The molecule has 0 saturated carbocycles. The SMILES string of the molecule is [2H]c1c([2H])c([2H])c(-c2cc(-c3ccccc3)cc3c2oc2cc(Cl)ccc23)c([2H])c1[2H]. The first-order valence-electron chi connectivity index (χ1n) is 10.7. The minimum atomic E-state index is -0.425. The van der Waals surface area contributed by atoms with E-state index in [-0.39, 0.29) is 29.7 Å². The number of furan rings is 1. The molecular formula is C24H15ClO. The Morgan fingerprint density at radius 3 is 2.35 bits per heavy atom. The van der Waals surface area contributed by atoms with E-state index in [4.69, 9.17) is 22.9 Å². The lowest BCUT2D eigenvalue weighted by atomic mass is 9.96. The summed E-state index contributed by atoms with van der Waals surface area (Å²) in [6.07, 6.45) is 0. The summed E-state index contributed by atoms with van der Waals surface area (Å²) in [5, 5.41) is 2.15. The van der Waals surface area contributed by atoms with Crippen LogP contribution in [0, 0.1) is 0 Å². The Labute approximate surface area is 163 Å². The number of benzene rings is 4. The molecular weight excluding hydrogens is 340 g/mol. The number of fused-ring (bicyclic) bond motifs is 3. The topological polar surface area (TPSA) is 13.1 Å². The zero-order valence-electron chi connectivity index (χ0n) is 18.6. The van der Waals surface area contributed by atoms with Gasteiger partial charge in [0.2, 0.25) is 0 Å². The van der Waals surface area contributed by atoms with E-state index >= 15 is 0 Å². The highest BCUT2D eigenvalue weighted by Gasteiger charge is 2.15. The molecule has 0 spiro atoms. The van der Waals surface area contributed by atoms with Gasteiger partial charge < -0.3 is 4.42 Å². The van der Waals surface area contributed by atoms with Crippen molar-refractivity contribution < 1.29 is 11.3 Å². The summed E-state index contributed by atoms with van der Waals surface area (Å²) in [6.45, 7) is 0. The van der Waals surface area contributed by atoms with Gasteiger partial charge in [-0.15, -0.1) is 0 Å². The van der Waals surface area contributed by atoms with Gasteiger partial charge in [0.05, 0.1) is 6.85 Å². The lowest BCUT2D eigenvalue weighted by Gasteiger charge is -2.08. The van der Waals surface area contributed by atoms with Gasteiger partial charge in [0, 0.05) is 27.4 Å². The summed E-state index contributed by atoms with van der Waals surface area (Å²) >= 11 is 6.15. The number of rotatable bonds is 2. The maximum Gasteiger partial charge on any atom is 0.143 e. The fourth-order valence-electron chi connectivity index (χ4n) is 3.22. The van der Waals surface area contributed by atoms with E-state index in [1.807, 2.05) is 48.5 Å². The minimum absolute atomic E-state index is 0.110. The quantitative estimate of drug-likeness (QED) is 0.316. The summed E-state index contributed by atoms with van der Waals surface area (Å²) in [4.78, 5) is 0. The van der Waals surface area contributed by atoms with Gasteiger partial charge in [-0.05, 0) is 41.0 Å². The smallest absolute Gasteiger partial charge is 0.143 e. The van der Waals surface area contributed by atoms with Crippen molar-refractivity contribution in [2.45, 2.75) is 0 Å². The Hall–Kier alpha value is -3.03. The second-order valence-electron chi connectivity index (χ2n) is 6.01. The van der Waals surface area contributed by atoms with Crippen LogP contribution in [-0.4, -0.2) is 0 Å². The van der Waals surface area contributed by atoms with Crippen molar-refractivity contribution in [3.05, 3.63) is 95.9 Å². The molecule has 0 saturated heterocycles. The molecule has 0 bridgehead atoms. The Kier molecular flexibility index (Phi) is 2.52. The van der Waals surface area contributed by atoms with Crippen molar-refractivity contribution in [3.8, 4) is 22.3 Å². The molecule has 26 heavy (non-hydrogen) atoms. The van der Waals surface area contributed by atoms with Gasteiger partial charge >= 0.3 is 0 Å². The summed E-state index contributed by atoms with van der Waals surface area (Å²) in [5.41, 5.74) is 3.38. The van der Waals surface area contributed by atoms with Gasteiger partial charge in [0.25, 0.3) is 0 Å². The third-order valence-electron chi connectivity index (χ3n) is 4.41. The number of hydrogen-bond donors (Lipinski definition) is 0. The third-order valence-corrected chi connectivity index (χ3v) is 4.65. The molecule has 0 atom stereocenters. The highest BCUT2D eigenvalue weighted by molar-refractivity contribution is 6.31. The molecule has 0 aliphatic carbocycles. The summed E-state index contributed by atoms with van der Waals surface area (Å²) in [5.74, 6) is 0. The highest BCUT2D eigenvalue weighted by atomic mass is 35.5. The lowest BCUT2D eigenvalue weighted by Crippen LogP contribution is -1.83. The van der Waals surface area contributed by atoms with Crippen LogP contribution in [0.1, 0.15) is 6.85 Å². The molecule has 0 N–H and O–H groups in total. The standard InChI is InChI=1S/C24H15ClO/c25-19-11-12-20-22-14-18(16-7-3-1-4-8-16)13-21(17-9-5-2-6-10-17)24(22)26-23(20)15-19/h1-15H/i2D,5D,6D,9D,10D. The van der Waals surface area contributed by atoms with Crippen LogP contribution >= 0.6 is 11.6 Å². The van der Waals surface area contributed by atoms with E-state index in [9.17, 15) is 0 Å². The van der Waals surface area contributed by atoms with Gasteiger partial charge in [-0.1, -0.05) is 72.1 Å². The monoisotopic (exact) mass is 359 g/mol. The maximum atomic E-state index is 8.46. The van der Waals surface area contributed by atoms with Crippen LogP contribution in [0.2, 0.25) is 5.02 Å². The molecule has 2 heteroatoms. The lowest BCUT2D eigenvalue weighted by molar-refractivity contribution is 0.670. The minimum Gasteiger partial charge on any atom is -0.455 e. The first-order valence-corrected chi connectivity index (χ1v) is 8.53.